The highest BCUT2D eigenvalue weighted by atomic mass is 35.5. The number of hydrogen-bond donors (Lipinski definition) is 0. The van der Waals surface area contributed by atoms with Crippen LogP contribution in [0.4, 0.5) is 8.78 Å². The van der Waals surface area contributed by atoms with Crippen molar-refractivity contribution in [1.29, 1.82) is 0 Å². The molecule has 2 aromatic rings. The highest BCUT2D eigenvalue weighted by Gasteiger charge is 2.61. The molecule has 2 unspecified atom stereocenters. The molecule has 0 spiro atoms. The second-order valence-electron chi connectivity index (χ2n) is 6.95. The van der Waals surface area contributed by atoms with E-state index in [0.29, 0.717) is 0 Å². The third-order valence-corrected chi connectivity index (χ3v) is 8.06. The van der Waals surface area contributed by atoms with E-state index < -0.39 is 40.2 Å². The molecule has 0 amide bonds. The van der Waals surface area contributed by atoms with E-state index in [0.717, 1.165) is 23.5 Å². The lowest BCUT2D eigenvalue weighted by Gasteiger charge is -2.29. The first-order valence-corrected chi connectivity index (χ1v) is 12.7. The summed E-state index contributed by atoms with van der Waals surface area (Å²) in [4.78, 5) is 37.8. The number of cyclic esters (lactones) is 1. The average molecular weight is 535 g/mol. The van der Waals surface area contributed by atoms with Gasteiger partial charge in [0, 0.05) is 38.4 Å². The van der Waals surface area contributed by atoms with Crippen molar-refractivity contribution in [2.45, 2.75) is 29.3 Å². The fourth-order valence-corrected chi connectivity index (χ4v) is 6.52. The summed E-state index contributed by atoms with van der Waals surface area (Å²) in [6.07, 6.45) is 0. The summed E-state index contributed by atoms with van der Waals surface area (Å²) >= 11 is 14.0. The zero-order valence-corrected chi connectivity index (χ0v) is 20.4. The number of Topliss-reactive ketones (excluding diaryl/α,β-unsaturated/α-hetero) is 1. The summed E-state index contributed by atoms with van der Waals surface area (Å²) in [6.45, 7) is 1.55. The summed E-state index contributed by atoms with van der Waals surface area (Å²) in [5, 5.41) is -0.957. The zero-order chi connectivity index (χ0) is 24.2. The lowest BCUT2D eigenvalue weighted by atomic mass is 10.0. The van der Waals surface area contributed by atoms with E-state index in [4.69, 9.17) is 32.7 Å². The first-order valence-electron chi connectivity index (χ1n) is 9.70. The van der Waals surface area contributed by atoms with E-state index in [1.54, 1.807) is 6.92 Å². The molecule has 11 heteroatoms. The SMILES string of the molecule is CCOC(=O)C1(CSCc2c(F)cccc2Cl)OC(=O)C(=O)C1SCc1c(F)cccc1Cl. The predicted octanol–water partition coefficient (Wildman–Crippen LogP) is 5.23. The summed E-state index contributed by atoms with van der Waals surface area (Å²) in [5.41, 5.74) is -1.63. The maximum Gasteiger partial charge on any atom is 0.377 e. The van der Waals surface area contributed by atoms with Crippen LogP contribution in [0.25, 0.3) is 0 Å². The van der Waals surface area contributed by atoms with Crippen molar-refractivity contribution in [3.8, 4) is 0 Å². The maximum atomic E-state index is 14.2. The van der Waals surface area contributed by atoms with Gasteiger partial charge in [-0.25, -0.2) is 18.4 Å². The van der Waals surface area contributed by atoms with E-state index in [-0.39, 0.29) is 45.0 Å². The molecule has 5 nitrogen and oxygen atoms in total. The molecule has 0 radical (unpaired) electrons. The molecule has 1 saturated heterocycles. The number of ketones is 1. The van der Waals surface area contributed by atoms with Gasteiger partial charge >= 0.3 is 11.9 Å². The summed E-state index contributed by atoms with van der Waals surface area (Å²) in [6, 6.07) is 8.38. The van der Waals surface area contributed by atoms with E-state index in [1.807, 2.05) is 0 Å². The van der Waals surface area contributed by atoms with Crippen LogP contribution >= 0.6 is 46.7 Å². The minimum Gasteiger partial charge on any atom is -0.463 e. The quantitative estimate of drug-likeness (QED) is 0.322. The normalized spacial score (nSPS) is 20.1. The molecular formula is C22H18Cl2F2O5S2. The Balaban J connectivity index is 1.87. The van der Waals surface area contributed by atoms with Gasteiger partial charge in [-0.2, -0.15) is 11.8 Å². The standard InChI is InChI=1S/C22H18Cl2F2O5S2/c1-2-30-21(29)22(11-32-9-12-14(23)5-3-7-16(12)25)19(18(27)20(28)31-22)33-10-13-15(24)6-4-8-17(13)26/h3-8,19H,2,9-11H2,1H3. The van der Waals surface area contributed by atoms with Crippen molar-refractivity contribution >= 4 is 64.4 Å². The number of esters is 2. The van der Waals surface area contributed by atoms with Crippen LogP contribution in [0.3, 0.4) is 0 Å². The van der Waals surface area contributed by atoms with Crippen molar-refractivity contribution in [3.63, 3.8) is 0 Å². The number of carbonyl (C=O) groups excluding carboxylic acids is 3. The molecule has 1 heterocycles. The minimum absolute atomic E-state index is 0.0212. The number of hydrogen-bond acceptors (Lipinski definition) is 7. The second kappa shape index (κ2) is 11.1. The highest BCUT2D eigenvalue weighted by molar-refractivity contribution is 8.00. The van der Waals surface area contributed by atoms with E-state index >= 15 is 0 Å². The van der Waals surface area contributed by atoms with Gasteiger partial charge in [0.1, 0.15) is 16.9 Å². The highest BCUT2D eigenvalue weighted by Crippen LogP contribution is 2.41. The Hall–Kier alpha value is -1.81. The number of rotatable bonds is 9. The van der Waals surface area contributed by atoms with Crippen molar-refractivity contribution in [2.75, 3.05) is 12.4 Å². The average Bonchev–Trinajstić information content (AvgIpc) is 3.01. The molecule has 2 aromatic carbocycles. The molecule has 1 aliphatic rings. The topological polar surface area (TPSA) is 69.7 Å². The fourth-order valence-electron chi connectivity index (χ4n) is 3.18. The Morgan fingerprint density at radius 3 is 2.18 bits per heavy atom. The molecular weight excluding hydrogens is 517 g/mol. The van der Waals surface area contributed by atoms with Gasteiger partial charge in [0.15, 0.2) is 0 Å². The number of thioether (sulfide) groups is 2. The van der Waals surface area contributed by atoms with Gasteiger partial charge < -0.3 is 9.47 Å². The summed E-state index contributed by atoms with van der Waals surface area (Å²) < 4.78 is 38.7. The van der Waals surface area contributed by atoms with Crippen molar-refractivity contribution in [3.05, 3.63) is 69.2 Å². The van der Waals surface area contributed by atoms with Gasteiger partial charge in [-0.05, 0) is 31.2 Å². The van der Waals surface area contributed by atoms with Gasteiger partial charge in [-0.15, -0.1) is 11.8 Å². The second-order valence-corrected chi connectivity index (χ2v) is 9.84. The minimum atomic E-state index is -1.96. The van der Waals surface area contributed by atoms with E-state index in [9.17, 15) is 23.2 Å². The number of carbonyl (C=O) groups is 3. The van der Waals surface area contributed by atoms with Crippen LogP contribution in [0.1, 0.15) is 18.1 Å². The Kier molecular flexibility index (Phi) is 8.66. The monoisotopic (exact) mass is 534 g/mol. The Morgan fingerprint density at radius 1 is 1.06 bits per heavy atom. The van der Waals surface area contributed by atoms with Gasteiger partial charge in [-0.3, -0.25) is 4.79 Å². The molecule has 33 heavy (non-hydrogen) atoms. The molecule has 0 saturated carbocycles. The predicted molar refractivity (Wildman–Crippen MR) is 125 cm³/mol. The third-order valence-electron chi connectivity index (χ3n) is 4.84. The molecule has 1 aliphatic heterocycles. The summed E-state index contributed by atoms with van der Waals surface area (Å²) in [5.74, 6) is -4.39. The van der Waals surface area contributed by atoms with E-state index in [1.165, 1.54) is 36.4 Å². The molecule has 176 valence electrons. The molecule has 1 fully saturated rings. The Bertz CT molecular complexity index is 1040. The van der Waals surface area contributed by atoms with Gasteiger partial charge in [-0.1, -0.05) is 35.3 Å². The molecule has 0 N–H and O–H groups in total. The number of benzene rings is 2. The van der Waals surface area contributed by atoms with Crippen LogP contribution < -0.4 is 0 Å². The lowest BCUT2D eigenvalue weighted by Crippen LogP contribution is -2.51. The van der Waals surface area contributed by atoms with Crippen LogP contribution in [0.2, 0.25) is 10.0 Å². The molecule has 0 aromatic heterocycles. The fraction of sp³-hybridized carbons (Fsp3) is 0.318. The van der Waals surface area contributed by atoms with Gasteiger partial charge in [0.2, 0.25) is 5.60 Å². The zero-order valence-electron chi connectivity index (χ0n) is 17.2. The molecule has 0 aliphatic carbocycles. The molecule has 0 bridgehead atoms. The molecule has 2 atom stereocenters. The Morgan fingerprint density at radius 2 is 1.64 bits per heavy atom. The van der Waals surface area contributed by atoms with Crippen molar-refractivity contribution < 1.29 is 32.6 Å². The lowest BCUT2D eigenvalue weighted by molar-refractivity contribution is -0.171. The smallest absolute Gasteiger partial charge is 0.377 e. The number of ether oxygens (including phenoxy) is 2. The van der Waals surface area contributed by atoms with Crippen LogP contribution in [0.15, 0.2) is 36.4 Å². The van der Waals surface area contributed by atoms with Crippen molar-refractivity contribution in [2.24, 2.45) is 0 Å². The van der Waals surface area contributed by atoms with Crippen LogP contribution in [-0.2, 0) is 35.4 Å². The number of halogens is 4. The van der Waals surface area contributed by atoms with Crippen LogP contribution in [-0.4, -0.2) is 40.9 Å². The first-order chi connectivity index (χ1) is 15.7. The van der Waals surface area contributed by atoms with E-state index in [2.05, 4.69) is 0 Å². The third kappa shape index (κ3) is 5.48. The first kappa shape index (κ1) is 25.8. The van der Waals surface area contributed by atoms with Gasteiger partial charge in [0.05, 0.1) is 6.61 Å². The molecule has 3 rings (SSSR count). The summed E-state index contributed by atoms with van der Waals surface area (Å²) in [7, 11) is 0. The van der Waals surface area contributed by atoms with Crippen LogP contribution in [0, 0.1) is 11.6 Å². The van der Waals surface area contributed by atoms with Crippen molar-refractivity contribution in [1.82, 2.24) is 0 Å². The van der Waals surface area contributed by atoms with Gasteiger partial charge in [0.25, 0.3) is 5.78 Å². The Labute approximate surface area is 207 Å². The largest absolute Gasteiger partial charge is 0.463 e. The van der Waals surface area contributed by atoms with Crippen LogP contribution in [0.5, 0.6) is 0 Å². The maximum absolute atomic E-state index is 14.2.